The van der Waals surface area contributed by atoms with Crippen LogP contribution in [-0.4, -0.2) is 34.2 Å². The van der Waals surface area contributed by atoms with Gasteiger partial charge in [0.2, 0.25) is 5.91 Å². The fraction of sp³-hybridized carbons (Fsp3) is 0.227. The highest BCUT2D eigenvalue weighted by Crippen LogP contribution is 2.27. The van der Waals surface area contributed by atoms with E-state index in [9.17, 15) is 9.59 Å². The van der Waals surface area contributed by atoms with E-state index in [1.807, 2.05) is 61.5 Å². The van der Waals surface area contributed by atoms with Gasteiger partial charge in [-0.1, -0.05) is 18.2 Å². The Labute approximate surface area is 168 Å². The third-order valence-corrected chi connectivity index (χ3v) is 4.93. The van der Waals surface area contributed by atoms with Crippen LogP contribution in [0.25, 0.3) is 0 Å². The Morgan fingerprint density at radius 2 is 1.79 bits per heavy atom. The molecule has 1 aliphatic heterocycles. The SMILES string of the molecule is Cc1cc(C(=O)N[C@@H]2CC(=O)N(c3ccc(Oc4ccccc4)cc3)C2)nn1C. The number of hydrogen-bond acceptors (Lipinski definition) is 4. The summed E-state index contributed by atoms with van der Waals surface area (Å²) in [4.78, 5) is 26.5. The van der Waals surface area contributed by atoms with Crippen LogP contribution in [0.15, 0.2) is 60.7 Å². The summed E-state index contributed by atoms with van der Waals surface area (Å²) >= 11 is 0. The zero-order valence-corrected chi connectivity index (χ0v) is 16.3. The summed E-state index contributed by atoms with van der Waals surface area (Å²) in [6.45, 7) is 2.31. The summed E-state index contributed by atoms with van der Waals surface area (Å²) in [6.07, 6.45) is 0.264. The number of carbonyl (C=O) groups is 2. The van der Waals surface area contributed by atoms with Crippen LogP contribution in [0, 0.1) is 6.92 Å². The van der Waals surface area contributed by atoms with Crippen LogP contribution in [-0.2, 0) is 11.8 Å². The molecule has 1 aliphatic rings. The Morgan fingerprint density at radius 3 is 2.45 bits per heavy atom. The average molecular weight is 390 g/mol. The van der Waals surface area contributed by atoms with E-state index < -0.39 is 0 Å². The number of nitrogens with zero attached hydrogens (tertiary/aromatic N) is 3. The molecule has 7 nitrogen and oxygen atoms in total. The predicted molar refractivity (Wildman–Crippen MR) is 109 cm³/mol. The number of nitrogens with one attached hydrogen (secondary N) is 1. The van der Waals surface area contributed by atoms with Crippen molar-refractivity contribution in [2.75, 3.05) is 11.4 Å². The third-order valence-electron chi connectivity index (χ3n) is 4.93. The topological polar surface area (TPSA) is 76.5 Å². The van der Waals surface area contributed by atoms with Gasteiger partial charge in [0.15, 0.2) is 0 Å². The molecule has 7 heteroatoms. The third kappa shape index (κ3) is 4.13. The summed E-state index contributed by atoms with van der Waals surface area (Å²) in [7, 11) is 1.79. The van der Waals surface area contributed by atoms with Gasteiger partial charge in [-0.2, -0.15) is 5.10 Å². The van der Waals surface area contributed by atoms with Gasteiger partial charge >= 0.3 is 0 Å². The molecule has 148 valence electrons. The van der Waals surface area contributed by atoms with E-state index in [1.165, 1.54) is 0 Å². The van der Waals surface area contributed by atoms with Crippen molar-refractivity contribution in [1.82, 2.24) is 15.1 Å². The monoisotopic (exact) mass is 390 g/mol. The number of ether oxygens (including phenoxy) is 1. The first-order valence-corrected chi connectivity index (χ1v) is 9.44. The summed E-state index contributed by atoms with van der Waals surface area (Å²) < 4.78 is 7.44. The number of hydrogen-bond donors (Lipinski definition) is 1. The van der Waals surface area contributed by atoms with Crippen molar-refractivity contribution in [1.29, 1.82) is 0 Å². The van der Waals surface area contributed by atoms with Crippen LogP contribution in [0.4, 0.5) is 5.69 Å². The summed E-state index contributed by atoms with van der Waals surface area (Å²) in [5, 5.41) is 7.09. The van der Waals surface area contributed by atoms with Gasteiger partial charge in [0.25, 0.3) is 5.91 Å². The molecule has 0 radical (unpaired) electrons. The Hall–Kier alpha value is -3.61. The summed E-state index contributed by atoms with van der Waals surface area (Å²) in [5.41, 5.74) is 2.04. The Morgan fingerprint density at radius 1 is 1.10 bits per heavy atom. The van der Waals surface area contributed by atoms with Gasteiger partial charge in [0, 0.05) is 31.4 Å². The lowest BCUT2D eigenvalue weighted by Gasteiger charge is -2.17. The lowest BCUT2D eigenvalue weighted by molar-refractivity contribution is -0.117. The number of anilines is 1. The highest BCUT2D eigenvalue weighted by molar-refractivity contribution is 5.98. The van der Waals surface area contributed by atoms with Crippen molar-refractivity contribution in [3.8, 4) is 11.5 Å². The second-order valence-corrected chi connectivity index (χ2v) is 7.08. The van der Waals surface area contributed by atoms with Gasteiger partial charge in [0.05, 0.1) is 6.04 Å². The Balaban J connectivity index is 1.39. The molecular weight excluding hydrogens is 368 g/mol. The number of aryl methyl sites for hydroxylation is 2. The van der Waals surface area contributed by atoms with Gasteiger partial charge in [-0.25, -0.2) is 0 Å². The first-order valence-electron chi connectivity index (χ1n) is 9.44. The zero-order chi connectivity index (χ0) is 20.4. The van der Waals surface area contributed by atoms with E-state index in [-0.39, 0.29) is 24.3 Å². The molecule has 0 spiro atoms. The Bertz CT molecular complexity index is 1010. The van der Waals surface area contributed by atoms with E-state index >= 15 is 0 Å². The fourth-order valence-electron chi connectivity index (χ4n) is 3.30. The predicted octanol–water partition coefficient (Wildman–Crippen LogP) is 3.06. The normalized spacial score (nSPS) is 16.1. The van der Waals surface area contributed by atoms with Crippen LogP contribution in [0.2, 0.25) is 0 Å². The number of aromatic nitrogens is 2. The van der Waals surface area contributed by atoms with Crippen molar-refractivity contribution in [3.05, 3.63) is 72.1 Å². The number of carbonyl (C=O) groups excluding carboxylic acids is 2. The summed E-state index contributed by atoms with van der Waals surface area (Å²) in [6, 6.07) is 18.4. The molecule has 2 amide bonds. The van der Waals surface area contributed by atoms with E-state index in [2.05, 4.69) is 10.4 Å². The van der Waals surface area contributed by atoms with Crippen LogP contribution >= 0.6 is 0 Å². The Kier molecular flexibility index (Phi) is 5.03. The molecule has 2 aromatic carbocycles. The summed E-state index contributed by atoms with van der Waals surface area (Å²) in [5.74, 6) is 1.16. The maximum absolute atomic E-state index is 12.5. The first kappa shape index (κ1) is 18.7. The van der Waals surface area contributed by atoms with Crippen molar-refractivity contribution < 1.29 is 14.3 Å². The maximum atomic E-state index is 12.5. The maximum Gasteiger partial charge on any atom is 0.272 e. The zero-order valence-electron chi connectivity index (χ0n) is 16.3. The smallest absolute Gasteiger partial charge is 0.272 e. The van der Waals surface area contributed by atoms with Crippen molar-refractivity contribution >= 4 is 17.5 Å². The molecule has 1 atom stereocenters. The van der Waals surface area contributed by atoms with E-state index in [0.717, 1.165) is 17.1 Å². The van der Waals surface area contributed by atoms with Gasteiger partial charge in [-0.05, 0) is 49.4 Å². The van der Waals surface area contributed by atoms with E-state index in [0.29, 0.717) is 18.0 Å². The minimum Gasteiger partial charge on any atom is -0.457 e. The molecule has 2 heterocycles. The molecule has 1 fully saturated rings. The molecule has 0 unspecified atom stereocenters. The van der Waals surface area contributed by atoms with Crippen molar-refractivity contribution in [2.24, 2.45) is 7.05 Å². The molecule has 3 aromatic rings. The molecule has 0 aliphatic carbocycles. The number of rotatable bonds is 5. The molecule has 0 saturated carbocycles. The number of para-hydroxylation sites is 1. The van der Waals surface area contributed by atoms with Gasteiger partial charge in [-0.15, -0.1) is 0 Å². The largest absolute Gasteiger partial charge is 0.457 e. The van der Waals surface area contributed by atoms with Crippen LogP contribution in [0.3, 0.4) is 0 Å². The minimum absolute atomic E-state index is 0.0239. The lowest BCUT2D eigenvalue weighted by Crippen LogP contribution is -2.37. The first-order chi connectivity index (χ1) is 14.0. The highest BCUT2D eigenvalue weighted by Gasteiger charge is 2.32. The van der Waals surface area contributed by atoms with Crippen molar-refractivity contribution in [2.45, 2.75) is 19.4 Å². The molecule has 4 rings (SSSR count). The van der Waals surface area contributed by atoms with E-state index in [1.54, 1.807) is 22.7 Å². The van der Waals surface area contributed by atoms with Crippen LogP contribution < -0.4 is 15.0 Å². The van der Waals surface area contributed by atoms with Gasteiger partial charge in [0.1, 0.15) is 17.2 Å². The van der Waals surface area contributed by atoms with E-state index in [4.69, 9.17) is 4.74 Å². The van der Waals surface area contributed by atoms with Gasteiger partial charge in [-0.3, -0.25) is 14.3 Å². The number of benzene rings is 2. The molecule has 1 N–H and O–H groups in total. The average Bonchev–Trinajstić information content (AvgIpc) is 3.25. The molecular formula is C22H22N4O3. The second-order valence-electron chi connectivity index (χ2n) is 7.08. The van der Waals surface area contributed by atoms with Crippen LogP contribution in [0.1, 0.15) is 22.6 Å². The highest BCUT2D eigenvalue weighted by atomic mass is 16.5. The second kappa shape index (κ2) is 7.79. The molecule has 1 saturated heterocycles. The fourth-order valence-corrected chi connectivity index (χ4v) is 3.30. The minimum atomic E-state index is -0.264. The van der Waals surface area contributed by atoms with Crippen LogP contribution in [0.5, 0.6) is 11.5 Å². The quantitative estimate of drug-likeness (QED) is 0.726. The standard InChI is InChI=1S/C22H22N4O3/c1-15-12-20(24-25(15)2)22(28)23-16-13-21(27)26(14-16)17-8-10-19(11-9-17)29-18-6-4-3-5-7-18/h3-12,16H,13-14H2,1-2H3,(H,23,28)/t16-/m1/s1. The number of amides is 2. The molecule has 29 heavy (non-hydrogen) atoms. The molecule has 1 aromatic heterocycles. The lowest BCUT2D eigenvalue weighted by atomic mass is 10.2. The molecule has 0 bridgehead atoms. The van der Waals surface area contributed by atoms with Crippen molar-refractivity contribution in [3.63, 3.8) is 0 Å². The van der Waals surface area contributed by atoms with Gasteiger partial charge < -0.3 is 15.0 Å².